The van der Waals surface area contributed by atoms with Gasteiger partial charge in [-0.25, -0.2) is 18.6 Å². The van der Waals surface area contributed by atoms with Gasteiger partial charge in [-0.15, -0.1) is 0 Å². The Bertz CT molecular complexity index is 1120. The first-order chi connectivity index (χ1) is 14.2. The van der Waals surface area contributed by atoms with Gasteiger partial charge < -0.3 is 15.2 Å². The summed E-state index contributed by atoms with van der Waals surface area (Å²) >= 11 is 0. The number of aryl methyl sites for hydroxylation is 1. The van der Waals surface area contributed by atoms with Crippen molar-refractivity contribution in [1.82, 2.24) is 4.98 Å². The van der Waals surface area contributed by atoms with E-state index in [-0.39, 0.29) is 11.1 Å². The molecular weight excluding hydrogens is 394 g/mol. The van der Waals surface area contributed by atoms with Gasteiger partial charge in [-0.3, -0.25) is 4.79 Å². The SMILES string of the molecule is CCOc1ncc(C)c2c(C(=O)c3c(F)cc([C@H](C)OC(N)=O)cc3F)cccc12. The summed E-state index contributed by atoms with van der Waals surface area (Å²) in [5, 5.41) is 1.08. The van der Waals surface area contributed by atoms with Crippen LogP contribution in [0.25, 0.3) is 10.8 Å². The zero-order valence-electron chi connectivity index (χ0n) is 16.7. The van der Waals surface area contributed by atoms with Gasteiger partial charge in [0.05, 0.1) is 12.2 Å². The van der Waals surface area contributed by atoms with Crippen molar-refractivity contribution in [2.75, 3.05) is 6.61 Å². The quantitative estimate of drug-likeness (QED) is 0.595. The first-order valence-electron chi connectivity index (χ1n) is 9.25. The normalized spacial score (nSPS) is 11.9. The van der Waals surface area contributed by atoms with Crippen molar-refractivity contribution in [1.29, 1.82) is 0 Å². The van der Waals surface area contributed by atoms with Gasteiger partial charge in [0.1, 0.15) is 17.7 Å². The Hall–Kier alpha value is -3.55. The van der Waals surface area contributed by atoms with Gasteiger partial charge in [0.25, 0.3) is 0 Å². The highest BCUT2D eigenvalue weighted by Crippen LogP contribution is 2.32. The molecule has 0 radical (unpaired) electrons. The average Bonchev–Trinajstić information content (AvgIpc) is 2.68. The molecule has 0 spiro atoms. The Morgan fingerprint density at radius 2 is 1.87 bits per heavy atom. The third-order valence-corrected chi connectivity index (χ3v) is 4.64. The van der Waals surface area contributed by atoms with Crippen LogP contribution < -0.4 is 10.5 Å². The Morgan fingerprint density at radius 1 is 1.20 bits per heavy atom. The number of hydrogen-bond acceptors (Lipinski definition) is 5. The van der Waals surface area contributed by atoms with Crippen LogP contribution in [0, 0.1) is 18.6 Å². The van der Waals surface area contributed by atoms with Gasteiger partial charge in [0, 0.05) is 22.5 Å². The number of nitrogens with zero attached hydrogens (tertiary/aromatic N) is 1. The number of carbonyl (C=O) groups is 2. The number of aromatic nitrogens is 1. The molecule has 0 bridgehead atoms. The molecule has 3 aromatic rings. The highest BCUT2D eigenvalue weighted by Gasteiger charge is 2.25. The van der Waals surface area contributed by atoms with Crippen molar-refractivity contribution in [3.8, 4) is 5.88 Å². The van der Waals surface area contributed by atoms with Crippen LogP contribution in [-0.2, 0) is 4.74 Å². The molecule has 30 heavy (non-hydrogen) atoms. The molecular formula is C22H20F2N2O4. The number of carbonyl (C=O) groups excluding carboxylic acids is 2. The van der Waals surface area contributed by atoms with E-state index in [0.717, 1.165) is 12.1 Å². The van der Waals surface area contributed by atoms with Crippen LogP contribution in [0.15, 0.2) is 36.5 Å². The average molecular weight is 414 g/mol. The maximum Gasteiger partial charge on any atom is 0.405 e. The first kappa shape index (κ1) is 21.2. The van der Waals surface area contributed by atoms with Crippen LogP contribution in [0.1, 0.15) is 47.0 Å². The van der Waals surface area contributed by atoms with E-state index in [1.807, 2.05) is 0 Å². The van der Waals surface area contributed by atoms with Crippen LogP contribution in [0.5, 0.6) is 5.88 Å². The smallest absolute Gasteiger partial charge is 0.405 e. The van der Waals surface area contributed by atoms with Crippen LogP contribution in [-0.4, -0.2) is 23.5 Å². The van der Waals surface area contributed by atoms with Gasteiger partial charge >= 0.3 is 6.09 Å². The topological polar surface area (TPSA) is 91.5 Å². The molecule has 156 valence electrons. The lowest BCUT2D eigenvalue weighted by atomic mass is 9.94. The molecule has 1 heterocycles. The predicted octanol–water partition coefficient (Wildman–Crippen LogP) is 4.61. The maximum absolute atomic E-state index is 14.8. The number of hydrogen-bond donors (Lipinski definition) is 1. The number of halogens is 2. The fraction of sp³-hybridized carbons (Fsp3) is 0.227. The fourth-order valence-electron chi connectivity index (χ4n) is 3.31. The van der Waals surface area contributed by atoms with Crippen molar-refractivity contribution in [2.45, 2.75) is 26.9 Å². The van der Waals surface area contributed by atoms with E-state index in [1.165, 1.54) is 13.0 Å². The number of pyridine rings is 1. The van der Waals surface area contributed by atoms with Crippen molar-refractivity contribution >= 4 is 22.6 Å². The Labute approximate surface area is 171 Å². The zero-order chi connectivity index (χ0) is 22.0. The molecule has 0 saturated heterocycles. The Balaban J connectivity index is 2.13. The molecule has 6 nitrogen and oxygen atoms in total. The van der Waals surface area contributed by atoms with Gasteiger partial charge in [-0.05, 0) is 50.1 Å². The summed E-state index contributed by atoms with van der Waals surface area (Å²) < 4.78 is 39.8. The molecule has 0 fully saturated rings. The second-order valence-electron chi connectivity index (χ2n) is 6.68. The molecule has 2 N–H and O–H groups in total. The number of benzene rings is 2. The summed E-state index contributed by atoms with van der Waals surface area (Å²) in [6.45, 7) is 5.34. The number of rotatable bonds is 6. The van der Waals surface area contributed by atoms with Gasteiger partial charge in [0.2, 0.25) is 5.88 Å². The van der Waals surface area contributed by atoms with Gasteiger partial charge in [-0.2, -0.15) is 0 Å². The predicted molar refractivity (Wildman–Crippen MR) is 107 cm³/mol. The molecule has 0 aliphatic carbocycles. The molecule has 0 aliphatic rings. The van der Waals surface area contributed by atoms with E-state index in [1.54, 1.807) is 32.2 Å². The Morgan fingerprint density at radius 3 is 2.47 bits per heavy atom. The van der Waals surface area contributed by atoms with E-state index in [2.05, 4.69) is 4.98 Å². The molecule has 0 unspecified atom stereocenters. The molecule has 0 saturated carbocycles. The van der Waals surface area contributed by atoms with E-state index < -0.39 is 35.2 Å². The van der Waals surface area contributed by atoms with Crippen LogP contribution in [0.4, 0.5) is 13.6 Å². The summed E-state index contributed by atoms with van der Waals surface area (Å²) in [5.41, 5.74) is 5.07. The number of ether oxygens (including phenoxy) is 2. The fourth-order valence-corrected chi connectivity index (χ4v) is 3.31. The molecule has 2 aromatic carbocycles. The largest absolute Gasteiger partial charge is 0.478 e. The van der Waals surface area contributed by atoms with E-state index >= 15 is 0 Å². The number of fused-ring (bicyclic) bond motifs is 1. The molecule has 1 atom stereocenters. The zero-order valence-corrected chi connectivity index (χ0v) is 16.7. The molecule has 0 aliphatic heterocycles. The van der Waals surface area contributed by atoms with Gasteiger partial charge in [0.15, 0.2) is 5.78 Å². The molecule has 8 heteroatoms. The lowest BCUT2D eigenvalue weighted by Gasteiger charge is -2.15. The number of ketones is 1. The van der Waals surface area contributed by atoms with Crippen molar-refractivity contribution in [3.05, 3.63) is 70.4 Å². The van der Waals surface area contributed by atoms with E-state index in [0.29, 0.717) is 28.8 Å². The highest BCUT2D eigenvalue weighted by atomic mass is 19.1. The third-order valence-electron chi connectivity index (χ3n) is 4.64. The minimum atomic E-state index is -1.08. The Kier molecular flexibility index (Phi) is 5.96. The number of amides is 1. The number of nitrogens with two attached hydrogens (primary N) is 1. The van der Waals surface area contributed by atoms with E-state index in [9.17, 15) is 18.4 Å². The van der Waals surface area contributed by atoms with Crippen LogP contribution in [0.3, 0.4) is 0 Å². The number of primary amides is 1. The summed E-state index contributed by atoms with van der Waals surface area (Å²) in [7, 11) is 0. The monoisotopic (exact) mass is 414 g/mol. The molecule has 1 aromatic heterocycles. The summed E-state index contributed by atoms with van der Waals surface area (Å²) in [6.07, 6.45) is -0.508. The first-order valence-corrected chi connectivity index (χ1v) is 9.25. The van der Waals surface area contributed by atoms with Gasteiger partial charge in [-0.1, -0.05) is 12.1 Å². The van der Waals surface area contributed by atoms with Crippen molar-refractivity contribution in [3.63, 3.8) is 0 Å². The van der Waals surface area contributed by atoms with Crippen LogP contribution >= 0.6 is 0 Å². The summed E-state index contributed by atoms with van der Waals surface area (Å²) in [5.74, 6) is -2.61. The van der Waals surface area contributed by atoms with E-state index in [4.69, 9.17) is 15.2 Å². The second-order valence-corrected chi connectivity index (χ2v) is 6.68. The molecule has 1 amide bonds. The molecule has 3 rings (SSSR count). The van der Waals surface area contributed by atoms with Crippen molar-refractivity contribution in [2.24, 2.45) is 5.73 Å². The standard InChI is InChI=1S/C22H20F2N2O4/c1-4-29-21-15-7-5-6-14(18(15)11(2)10-26-21)20(27)19-16(23)8-13(9-17(19)24)12(3)30-22(25)28/h5-10,12H,4H2,1-3H3,(H2,25,28)/t12-/m0/s1. The third kappa shape index (κ3) is 3.94. The maximum atomic E-state index is 14.8. The summed E-state index contributed by atoms with van der Waals surface area (Å²) in [4.78, 5) is 28.2. The van der Waals surface area contributed by atoms with Crippen LogP contribution in [0.2, 0.25) is 0 Å². The second kappa shape index (κ2) is 8.44. The minimum Gasteiger partial charge on any atom is -0.478 e. The lowest BCUT2D eigenvalue weighted by molar-refractivity contribution is 0.102. The minimum absolute atomic E-state index is 0.0392. The summed E-state index contributed by atoms with van der Waals surface area (Å²) in [6, 6.07) is 6.74. The highest BCUT2D eigenvalue weighted by molar-refractivity contribution is 6.17. The van der Waals surface area contributed by atoms with Crippen molar-refractivity contribution < 1.29 is 27.8 Å². The lowest BCUT2D eigenvalue weighted by Crippen LogP contribution is -2.16.